The lowest BCUT2D eigenvalue weighted by atomic mass is 9.96. The lowest BCUT2D eigenvalue weighted by Gasteiger charge is -2.21. The van der Waals surface area contributed by atoms with Crippen LogP contribution in [0.1, 0.15) is 28.4 Å². The summed E-state index contributed by atoms with van der Waals surface area (Å²) in [5, 5.41) is 10.8. The first-order chi connectivity index (χ1) is 11.7. The summed E-state index contributed by atoms with van der Waals surface area (Å²) < 4.78 is 0. The molecule has 1 N–H and O–H groups in total. The SMILES string of the molecule is CN(Cc1ccccc1)Cc1ccccc1[C@H](O)c1ccccc1. The van der Waals surface area contributed by atoms with Crippen molar-refractivity contribution in [2.75, 3.05) is 7.05 Å². The molecule has 2 nitrogen and oxygen atoms in total. The average Bonchev–Trinajstić information content (AvgIpc) is 2.63. The van der Waals surface area contributed by atoms with E-state index in [1.807, 2.05) is 54.6 Å². The van der Waals surface area contributed by atoms with Gasteiger partial charge in [-0.2, -0.15) is 0 Å². The molecule has 0 amide bonds. The molecule has 0 saturated carbocycles. The molecule has 0 heterocycles. The summed E-state index contributed by atoms with van der Waals surface area (Å²) in [6.07, 6.45) is -0.590. The maximum absolute atomic E-state index is 10.8. The third-order valence-electron chi connectivity index (χ3n) is 4.20. The van der Waals surface area contributed by atoms with Crippen molar-refractivity contribution in [2.45, 2.75) is 19.2 Å². The lowest BCUT2D eigenvalue weighted by Crippen LogP contribution is -2.19. The molecule has 3 aromatic rings. The fourth-order valence-corrected chi connectivity index (χ4v) is 3.00. The fourth-order valence-electron chi connectivity index (χ4n) is 3.00. The number of aliphatic hydroxyl groups is 1. The van der Waals surface area contributed by atoms with E-state index in [9.17, 15) is 5.11 Å². The second-order valence-corrected chi connectivity index (χ2v) is 6.17. The van der Waals surface area contributed by atoms with E-state index in [-0.39, 0.29) is 0 Å². The topological polar surface area (TPSA) is 23.5 Å². The molecule has 1 atom stereocenters. The Morgan fingerprint density at radius 2 is 1.33 bits per heavy atom. The number of hydrogen-bond acceptors (Lipinski definition) is 2. The van der Waals surface area contributed by atoms with Gasteiger partial charge in [0.1, 0.15) is 6.10 Å². The van der Waals surface area contributed by atoms with Crippen molar-refractivity contribution in [1.82, 2.24) is 4.90 Å². The maximum atomic E-state index is 10.8. The van der Waals surface area contributed by atoms with Crippen LogP contribution in [0.5, 0.6) is 0 Å². The van der Waals surface area contributed by atoms with E-state index < -0.39 is 6.10 Å². The first kappa shape index (κ1) is 16.4. The van der Waals surface area contributed by atoms with Crippen LogP contribution in [-0.4, -0.2) is 17.1 Å². The van der Waals surface area contributed by atoms with E-state index in [4.69, 9.17) is 0 Å². The quantitative estimate of drug-likeness (QED) is 0.728. The summed E-state index contributed by atoms with van der Waals surface area (Å²) in [5.74, 6) is 0. The summed E-state index contributed by atoms with van der Waals surface area (Å²) in [5.41, 5.74) is 4.35. The van der Waals surface area contributed by atoms with E-state index in [2.05, 4.69) is 42.3 Å². The highest BCUT2D eigenvalue weighted by molar-refractivity contribution is 5.35. The zero-order chi connectivity index (χ0) is 16.8. The monoisotopic (exact) mass is 317 g/mol. The molecule has 0 aliphatic carbocycles. The molecule has 3 aromatic carbocycles. The van der Waals surface area contributed by atoms with Gasteiger partial charge in [-0.25, -0.2) is 0 Å². The Kier molecular flexibility index (Phi) is 5.42. The van der Waals surface area contributed by atoms with Crippen molar-refractivity contribution in [3.8, 4) is 0 Å². The van der Waals surface area contributed by atoms with Crippen molar-refractivity contribution >= 4 is 0 Å². The second kappa shape index (κ2) is 7.91. The molecule has 0 radical (unpaired) electrons. The summed E-state index contributed by atoms with van der Waals surface area (Å²) in [6.45, 7) is 1.69. The standard InChI is InChI=1S/C22H23NO/c1-23(16-18-10-4-2-5-11-18)17-20-14-8-9-15-21(20)22(24)19-12-6-3-7-13-19/h2-15,22,24H,16-17H2,1H3/t22-/m1/s1. The molecule has 0 unspecified atom stereocenters. The molecular formula is C22H23NO. The summed E-state index contributed by atoms with van der Waals surface area (Å²) in [6, 6.07) is 28.4. The molecule has 0 saturated heterocycles. The van der Waals surface area contributed by atoms with Gasteiger partial charge in [-0.05, 0) is 29.3 Å². The molecule has 0 bridgehead atoms. The molecule has 3 rings (SSSR count). The van der Waals surface area contributed by atoms with Crippen LogP contribution in [0.4, 0.5) is 0 Å². The molecule has 24 heavy (non-hydrogen) atoms. The Labute approximate surface area is 144 Å². The van der Waals surface area contributed by atoms with Gasteiger partial charge in [-0.3, -0.25) is 4.90 Å². The van der Waals surface area contributed by atoms with Gasteiger partial charge in [0.15, 0.2) is 0 Å². The molecule has 0 spiro atoms. The normalized spacial score (nSPS) is 12.3. The largest absolute Gasteiger partial charge is 0.384 e. The van der Waals surface area contributed by atoms with Gasteiger partial charge >= 0.3 is 0 Å². The van der Waals surface area contributed by atoms with E-state index >= 15 is 0 Å². The van der Waals surface area contributed by atoms with E-state index in [0.717, 1.165) is 29.8 Å². The highest BCUT2D eigenvalue weighted by Crippen LogP contribution is 2.25. The van der Waals surface area contributed by atoms with Gasteiger partial charge in [-0.1, -0.05) is 84.9 Å². The molecule has 0 aromatic heterocycles. The van der Waals surface area contributed by atoms with Crippen LogP contribution < -0.4 is 0 Å². The van der Waals surface area contributed by atoms with E-state index in [1.54, 1.807) is 0 Å². The third kappa shape index (κ3) is 4.10. The van der Waals surface area contributed by atoms with Gasteiger partial charge in [0.2, 0.25) is 0 Å². The zero-order valence-corrected chi connectivity index (χ0v) is 14.0. The zero-order valence-electron chi connectivity index (χ0n) is 14.0. The van der Waals surface area contributed by atoms with Gasteiger partial charge in [0, 0.05) is 13.1 Å². The number of hydrogen-bond donors (Lipinski definition) is 1. The first-order valence-corrected chi connectivity index (χ1v) is 8.27. The van der Waals surface area contributed by atoms with E-state index in [1.165, 1.54) is 5.56 Å². The Bertz CT molecular complexity index is 755. The minimum Gasteiger partial charge on any atom is -0.384 e. The van der Waals surface area contributed by atoms with Crippen LogP contribution >= 0.6 is 0 Å². The van der Waals surface area contributed by atoms with Crippen molar-refractivity contribution in [1.29, 1.82) is 0 Å². The molecule has 0 aliphatic heterocycles. The average molecular weight is 317 g/mol. The van der Waals surface area contributed by atoms with Crippen molar-refractivity contribution in [2.24, 2.45) is 0 Å². The number of nitrogens with zero attached hydrogens (tertiary/aromatic N) is 1. The van der Waals surface area contributed by atoms with Gasteiger partial charge < -0.3 is 5.11 Å². The molecule has 2 heteroatoms. The molecule has 0 aliphatic rings. The summed E-state index contributed by atoms with van der Waals surface area (Å²) >= 11 is 0. The number of rotatable bonds is 6. The molecule has 122 valence electrons. The Balaban J connectivity index is 1.77. The van der Waals surface area contributed by atoms with Crippen LogP contribution in [0.25, 0.3) is 0 Å². The van der Waals surface area contributed by atoms with Gasteiger partial charge in [0.25, 0.3) is 0 Å². The fraction of sp³-hybridized carbons (Fsp3) is 0.182. The van der Waals surface area contributed by atoms with E-state index in [0.29, 0.717) is 0 Å². The third-order valence-corrected chi connectivity index (χ3v) is 4.20. The van der Waals surface area contributed by atoms with Gasteiger partial charge in [0.05, 0.1) is 0 Å². The molecular weight excluding hydrogens is 294 g/mol. The van der Waals surface area contributed by atoms with Crippen molar-refractivity contribution in [3.63, 3.8) is 0 Å². The van der Waals surface area contributed by atoms with Gasteiger partial charge in [-0.15, -0.1) is 0 Å². The predicted octanol–water partition coefficient (Wildman–Crippen LogP) is 4.40. The van der Waals surface area contributed by atoms with Crippen LogP contribution in [0.3, 0.4) is 0 Å². The van der Waals surface area contributed by atoms with Crippen molar-refractivity contribution < 1.29 is 5.11 Å². The Morgan fingerprint density at radius 3 is 2.04 bits per heavy atom. The Hall–Kier alpha value is -2.42. The van der Waals surface area contributed by atoms with Crippen molar-refractivity contribution in [3.05, 3.63) is 107 Å². The predicted molar refractivity (Wildman–Crippen MR) is 98.6 cm³/mol. The second-order valence-electron chi connectivity index (χ2n) is 6.17. The molecule has 0 fully saturated rings. The number of benzene rings is 3. The van der Waals surface area contributed by atoms with Crippen LogP contribution in [0, 0.1) is 0 Å². The summed E-state index contributed by atoms with van der Waals surface area (Å²) in [4.78, 5) is 2.27. The minimum atomic E-state index is -0.590. The maximum Gasteiger partial charge on any atom is 0.104 e. The minimum absolute atomic E-state index is 0.590. The smallest absolute Gasteiger partial charge is 0.104 e. The van der Waals surface area contributed by atoms with Crippen LogP contribution in [0.15, 0.2) is 84.9 Å². The lowest BCUT2D eigenvalue weighted by molar-refractivity contribution is 0.216. The number of aliphatic hydroxyl groups excluding tert-OH is 1. The highest BCUT2D eigenvalue weighted by Gasteiger charge is 2.15. The van der Waals surface area contributed by atoms with Crippen LogP contribution in [0.2, 0.25) is 0 Å². The summed E-state index contributed by atoms with van der Waals surface area (Å²) in [7, 11) is 2.11. The highest BCUT2D eigenvalue weighted by atomic mass is 16.3. The Morgan fingerprint density at radius 1 is 0.750 bits per heavy atom. The van der Waals surface area contributed by atoms with Crippen LogP contribution in [-0.2, 0) is 13.1 Å². The first-order valence-electron chi connectivity index (χ1n) is 8.27.